The molecule has 0 aliphatic carbocycles. The molecule has 1 radical (unpaired) electrons. The summed E-state index contributed by atoms with van der Waals surface area (Å²) in [5, 5.41) is 0. The Bertz CT molecular complexity index is 1690. The summed E-state index contributed by atoms with van der Waals surface area (Å²) >= 11 is 0. The third kappa shape index (κ3) is 15.0. The Kier molecular flexibility index (Phi) is 20.2. The maximum absolute atomic E-state index is 14.5. The summed E-state index contributed by atoms with van der Waals surface area (Å²) in [6, 6.07) is 7.78. The second kappa shape index (κ2) is 22.5. The van der Waals surface area contributed by atoms with Crippen molar-refractivity contribution in [3.05, 3.63) is 118 Å². The van der Waals surface area contributed by atoms with Gasteiger partial charge in [0.2, 0.25) is 0 Å². The number of terminal acetylenes is 1. The number of alkyl halides is 6. The van der Waals surface area contributed by atoms with Gasteiger partial charge < -0.3 is 9.59 Å². The fourth-order valence-electron chi connectivity index (χ4n) is 4.41. The standard InChI is InChI=1S/C33H30F5N3.C3H4F3.2CH2O/c1-6-23-15-17-25(28(19-23)33(36,37)38)21(2)14-16-24(40-5)10-7-8-13-30-27(20-39-4)22(3)18-31(41-30)26-11-9-12-29(34)32(26)35;1-2-3(4,5)6;2*1-2/h1,9,11-20,27H,5,7-8,10H2,2-4H3;1-2H2;2*1H2/b21-14+,24-16-,30-13+,39-20?;;;. The van der Waals surface area contributed by atoms with E-state index in [0.717, 1.165) is 17.7 Å². The number of hydrogen-bond donors (Lipinski definition) is 0. The topological polar surface area (TPSA) is 71.2 Å². The van der Waals surface area contributed by atoms with E-state index < -0.39 is 36.0 Å². The molecule has 0 amide bonds. The lowest BCUT2D eigenvalue weighted by Gasteiger charge is -2.21. The molecule has 0 saturated heterocycles. The van der Waals surface area contributed by atoms with Crippen LogP contribution >= 0.6 is 0 Å². The van der Waals surface area contributed by atoms with E-state index in [2.05, 4.69) is 34.5 Å². The minimum absolute atomic E-state index is 0.0358. The number of allylic oxidation sites excluding steroid dienone is 7. The monoisotopic (exact) mass is 720 g/mol. The molecule has 0 aromatic heterocycles. The molecular formula is C38H38F8N3O2. The van der Waals surface area contributed by atoms with Crippen molar-refractivity contribution in [2.75, 3.05) is 7.05 Å². The Balaban J connectivity index is 0.00000223. The highest BCUT2D eigenvalue weighted by Crippen LogP contribution is 2.36. The van der Waals surface area contributed by atoms with Gasteiger partial charge in [-0.1, -0.05) is 35.8 Å². The van der Waals surface area contributed by atoms with Crippen LogP contribution in [0, 0.1) is 36.8 Å². The summed E-state index contributed by atoms with van der Waals surface area (Å²) in [5.41, 5.74) is 2.36. The minimum Gasteiger partial charge on any atom is -0.307 e. The van der Waals surface area contributed by atoms with E-state index >= 15 is 0 Å². The van der Waals surface area contributed by atoms with Crippen LogP contribution in [0.2, 0.25) is 0 Å². The zero-order valence-corrected chi connectivity index (χ0v) is 28.3. The van der Waals surface area contributed by atoms with Crippen molar-refractivity contribution in [1.29, 1.82) is 0 Å². The molecule has 51 heavy (non-hydrogen) atoms. The molecule has 5 nitrogen and oxygen atoms in total. The summed E-state index contributed by atoms with van der Waals surface area (Å²) in [6.45, 7) is 13.7. The zero-order chi connectivity index (χ0) is 39.4. The van der Waals surface area contributed by atoms with Crippen molar-refractivity contribution < 1.29 is 44.7 Å². The van der Waals surface area contributed by atoms with Crippen LogP contribution in [0.25, 0.3) is 5.57 Å². The first-order chi connectivity index (χ1) is 24.1. The average molecular weight is 721 g/mol. The van der Waals surface area contributed by atoms with E-state index in [-0.39, 0.29) is 22.6 Å². The molecule has 1 unspecified atom stereocenters. The Labute approximate surface area is 293 Å². The van der Waals surface area contributed by atoms with E-state index in [0.29, 0.717) is 41.9 Å². The van der Waals surface area contributed by atoms with Gasteiger partial charge in [0.15, 0.2) is 11.6 Å². The molecule has 1 atom stereocenters. The van der Waals surface area contributed by atoms with E-state index in [4.69, 9.17) is 16.0 Å². The summed E-state index contributed by atoms with van der Waals surface area (Å²) in [6.07, 6.45) is 6.03. The Hall–Kier alpha value is -5.25. The lowest BCUT2D eigenvalue weighted by atomic mass is 9.91. The fourth-order valence-corrected chi connectivity index (χ4v) is 4.41. The SMILES string of the molecule is C#Cc1ccc(/C(C)=C/C=C(/CCC/C=C2/N=C(c3cccc(F)c3F)C=C(C)C2C=NC)N=C)c(C(F)(F)F)c1.C=O.C=O.[CH2]CC(F)(F)F. The molecule has 3 rings (SSSR count). The molecule has 1 heterocycles. The highest BCUT2D eigenvalue weighted by atomic mass is 19.4. The predicted molar refractivity (Wildman–Crippen MR) is 187 cm³/mol. The molecule has 1 aliphatic rings. The first-order valence-corrected chi connectivity index (χ1v) is 14.9. The normalized spacial score (nSPS) is 15.6. The summed E-state index contributed by atoms with van der Waals surface area (Å²) in [5.74, 6) is 0.127. The van der Waals surface area contributed by atoms with Gasteiger partial charge in [0.25, 0.3) is 0 Å². The lowest BCUT2D eigenvalue weighted by molar-refractivity contribution is -0.137. The van der Waals surface area contributed by atoms with E-state index in [9.17, 15) is 35.1 Å². The first kappa shape index (κ1) is 45.8. The third-order valence-electron chi connectivity index (χ3n) is 6.87. The number of benzene rings is 2. The van der Waals surface area contributed by atoms with Crippen molar-refractivity contribution >= 4 is 37.8 Å². The van der Waals surface area contributed by atoms with Gasteiger partial charge in [0.1, 0.15) is 13.6 Å². The van der Waals surface area contributed by atoms with Crippen molar-refractivity contribution in [3.63, 3.8) is 0 Å². The molecule has 0 bridgehead atoms. The van der Waals surface area contributed by atoms with Gasteiger partial charge in [0.05, 0.1) is 17.2 Å². The van der Waals surface area contributed by atoms with Gasteiger partial charge in [-0.2, -0.15) is 26.3 Å². The lowest BCUT2D eigenvalue weighted by Crippen LogP contribution is -2.16. The van der Waals surface area contributed by atoms with Gasteiger partial charge >= 0.3 is 12.4 Å². The molecule has 0 fully saturated rings. The maximum atomic E-state index is 14.5. The van der Waals surface area contributed by atoms with Gasteiger partial charge in [0, 0.05) is 42.2 Å². The summed E-state index contributed by atoms with van der Waals surface area (Å²) in [7, 11) is 1.65. The van der Waals surface area contributed by atoms with Crippen molar-refractivity contribution in [2.24, 2.45) is 20.9 Å². The van der Waals surface area contributed by atoms with Crippen LogP contribution < -0.4 is 0 Å². The first-order valence-electron chi connectivity index (χ1n) is 14.9. The van der Waals surface area contributed by atoms with Crippen LogP contribution in [0.1, 0.15) is 61.8 Å². The number of unbranched alkanes of at least 4 members (excludes halogenated alkanes) is 1. The maximum Gasteiger partial charge on any atom is 0.417 e. The fraction of sp³-hybridized carbons (Fsp3) is 0.263. The number of halogens is 8. The van der Waals surface area contributed by atoms with E-state index in [1.165, 1.54) is 24.3 Å². The molecule has 0 saturated carbocycles. The van der Waals surface area contributed by atoms with Gasteiger partial charge in [-0.3, -0.25) is 15.0 Å². The molecular weight excluding hydrogens is 682 g/mol. The van der Waals surface area contributed by atoms with Crippen molar-refractivity contribution in [1.82, 2.24) is 0 Å². The number of aliphatic imine (C=N–C) groups is 3. The summed E-state index contributed by atoms with van der Waals surface area (Å²) in [4.78, 5) is 28.8. The average Bonchev–Trinajstić information content (AvgIpc) is 3.11. The Morgan fingerprint density at radius 1 is 1.04 bits per heavy atom. The van der Waals surface area contributed by atoms with Crippen LogP contribution in [0.4, 0.5) is 35.1 Å². The van der Waals surface area contributed by atoms with Crippen molar-refractivity contribution in [2.45, 2.75) is 51.9 Å². The van der Waals surface area contributed by atoms with E-state index in [1.54, 1.807) is 38.4 Å². The molecule has 2 aromatic carbocycles. The number of rotatable bonds is 9. The van der Waals surface area contributed by atoms with Crippen LogP contribution in [0.15, 0.2) is 92.6 Å². The molecule has 0 N–H and O–H groups in total. The molecule has 13 heteroatoms. The number of carbonyl (C=O) groups is 2. The number of hydrogen-bond acceptors (Lipinski definition) is 5. The van der Waals surface area contributed by atoms with Gasteiger partial charge in [-0.15, -0.1) is 6.42 Å². The quantitative estimate of drug-likeness (QED) is 0.0851. The minimum atomic E-state index is -4.55. The smallest absolute Gasteiger partial charge is 0.307 e. The van der Waals surface area contributed by atoms with Gasteiger partial charge in [-0.25, -0.2) is 8.78 Å². The second-order valence-electron chi connectivity index (χ2n) is 10.3. The molecule has 273 valence electrons. The van der Waals surface area contributed by atoms with Crippen LogP contribution in [0.5, 0.6) is 0 Å². The zero-order valence-electron chi connectivity index (χ0n) is 28.3. The van der Waals surface area contributed by atoms with Crippen LogP contribution in [-0.4, -0.2) is 45.4 Å². The number of carbonyl (C=O) groups excluding carboxylic acids is 2. The highest BCUT2D eigenvalue weighted by Gasteiger charge is 2.33. The van der Waals surface area contributed by atoms with Gasteiger partial charge in [-0.05, 0) is 94.3 Å². The van der Waals surface area contributed by atoms with Crippen LogP contribution in [-0.2, 0) is 15.8 Å². The molecule has 0 spiro atoms. The number of dihydropyridines is 1. The molecule has 2 aromatic rings. The van der Waals surface area contributed by atoms with Crippen molar-refractivity contribution in [3.8, 4) is 12.3 Å². The Morgan fingerprint density at radius 2 is 1.67 bits per heavy atom. The number of nitrogens with zero attached hydrogens (tertiary/aromatic N) is 3. The third-order valence-corrected chi connectivity index (χ3v) is 6.87. The predicted octanol–water partition coefficient (Wildman–Crippen LogP) is 10.2. The highest BCUT2D eigenvalue weighted by molar-refractivity contribution is 6.11. The molecule has 1 aliphatic heterocycles. The second-order valence-corrected chi connectivity index (χ2v) is 10.3. The summed E-state index contributed by atoms with van der Waals surface area (Å²) < 4.78 is 101. The van der Waals surface area contributed by atoms with E-state index in [1.807, 2.05) is 26.6 Å². The Morgan fingerprint density at radius 3 is 2.20 bits per heavy atom. The largest absolute Gasteiger partial charge is 0.417 e. The van der Waals surface area contributed by atoms with Crippen LogP contribution in [0.3, 0.4) is 0 Å².